The van der Waals surface area contributed by atoms with Crippen LogP contribution in [0.1, 0.15) is 5.56 Å². The van der Waals surface area contributed by atoms with E-state index in [2.05, 4.69) is 4.98 Å². The molecule has 3 nitrogen and oxygen atoms in total. The number of fused-ring (bicyclic) bond motifs is 1. The second-order valence-corrected chi connectivity index (χ2v) is 2.43. The lowest BCUT2D eigenvalue weighted by molar-refractivity contribution is 1.03. The normalized spacial score (nSPS) is 10.6. The van der Waals surface area contributed by atoms with Crippen molar-refractivity contribution in [3.63, 3.8) is 0 Å². The highest BCUT2D eigenvalue weighted by atomic mass is 15.0. The second kappa shape index (κ2) is 2.36. The van der Waals surface area contributed by atoms with E-state index in [4.69, 9.17) is 5.73 Å². The van der Waals surface area contributed by atoms with Crippen LogP contribution in [0.15, 0.2) is 30.7 Å². The number of imidazole rings is 1. The fraction of sp³-hybridized carbons (Fsp3) is 0.125. The number of nitrogens with two attached hydrogens (primary N) is 1. The van der Waals surface area contributed by atoms with Crippen LogP contribution in [0.4, 0.5) is 0 Å². The molecule has 0 saturated carbocycles. The molecule has 2 N–H and O–H groups in total. The van der Waals surface area contributed by atoms with Gasteiger partial charge in [-0.2, -0.15) is 0 Å². The standard InChI is InChI=1S/C8H9N3/c9-5-7-1-2-8-10-3-4-11(8)6-7/h1-4,6H,5,9H2. The van der Waals surface area contributed by atoms with E-state index in [9.17, 15) is 0 Å². The van der Waals surface area contributed by atoms with Crippen LogP contribution in [0.2, 0.25) is 0 Å². The van der Waals surface area contributed by atoms with Crippen molar-refractivity contribution in [3.8, 4) is 0 Å². The van der Waals surface area contributed by atoms with E-state index in [0.717, 1.165) is 11.2 Å². The quantitative estimate of drug-likeness (QED) is 0.648. The first-order chi connectivity index (χ1) is 5.40. The third-order valence-corrected chi connectivity index (χ3v) is 1.69. The number of aromatic nitrogens is 2. The molecule has 2 heterocycles. The molecule has 0 radical (unpaired) electrons. The average Bonchev–Trinajstić information content (AvgIpc) is 2.50. The molecular formula is C8H9N3. The minimum atomic E-state index is 0.577. The summed E-state index contributed by atoms with van der Waals surface area (Å²) in [5, 5.41) is 0. The van der Waals surface area contributed by atoms with Crippen LogP contribution in [-0.4, -0.2) is 9.38 Å². The molecule has 56 valence electrons. The topological polar surface area (TPSA) is 43.3 Å². The van der Waals surface area contributed by atoms with Crippen molar-refractivity contribution in [1.29, 1.82) is 0 Å². The first-order valence-electron chi connectivity index (χ1n) is 3.52. The summed E-state index contributed by atoms with van der Waals surface area (Å²) in [5.74, 6) is 0. The Hall–Kier alpha value is -1.35. The van der Waals surface area contributed by atoms with Crippen molar-refractivity contribution < 1.29 is 0 Å². The van der Waals surface area contributed by atoms with Gasteiger partial charge in [0.2, 0.25) is 0 Å². The molecule has 0 aliphatic heterocycles. The van der Waals surface area contributed by atoms with Gasteiger partial charge in [-0.25, -0.2) is 4.98 Å². The Bertz CT molecular complexity index is 364. The highest BCUT2D eigenvalue weighted by Crippen LogP contribution is 2.02. The molecule has 0 spiro atoms. The molecule has 0 amide bonds. The lowest BCUT2D eigenvalue weighted by Gasteiger charge is -1.96. The molecule has 0 saturated heterocycles. The van der Waals surface area contributed by atoms with Gasteiger partial charge in [-0.05, 0) is 11.6 Å². The predicted molar refractivity (Wildman–Crippen MR) is 43.1 cm³/mol. The zero-order valence-corrected chi connectivity index (χ0v) is 6.07. The summed E-state index contributed by atoms with van der Waals surface area (Å²) in [7, 11) is 0. The molecule has 0 atom stereocenters. The predicted octanol–water partition coefficient (Wildman–Crippen LogP) is 0.793. The van der Waals surface area contributed by atoms with Gasteiger partial charge in [-0.1, -0.05) is 6.07 Å². The van der Waals surface area contributed by atoms with Gasteiger partial charge in [-0.3, -0.25) is 0 Å². The van der Waals surface area contributed by atoms with Crippen molar-refractivity contribution >= 4 is 5.65 Å². The number of hydrogen-bond donors (Lipinski definition) is 1. The van der Waals surface area contributed by atoms with Crippen molar-refractivity contribution in [3.05, 3.63) is 36.3 Å². The van der Waals surface area contributed by atoms with Crippen LogP contribution < -0.4 is 5.73 Å². The van der Waals surface area contributed by atoms with E-state index in [1.54, 1.807) is 6.20 Å². The van der Waals surface area contributed by atoms with Gasteiger partial charge in [0.25, 0.3) is 0 Å². The third kappa shape index (κ3) is 0.991. The molecule has 0 aliphatic carbocycles. The monoisotopic (exact) mass is 147 g/mol. The second-order valence-electron chi connectivity index (χ2n) is 2.43. The summed E-state index contributed by atoms with van der Waals surface area (Å²) in [6.07, 6.45) is 5.67. The minimum absolute atomic E-state index is 0.577. The van der Waals surface area contributed by atoms with Crippen molar-refractivity contribution in [1.82, 2.24) is 9.38 Å². The molecule has 2 rings (SSSR count). The number of rotatable bonds is 1. The highest BCUT2D eigenvalue weighted by Gasteiger charge is 1.92. The minimum Gasteiger partial charge on any atom is -0.326 e. The maximum absolute atomic E-state index is 5.48. The van der Waals surface area contributed by atoms with Gasteiger partial charge in [0.1, 0.15) is 5.65 Å². The van der Waals surface area contributed by atoms with Gasteiger partial charge < -0.3 is 10.1 Å². The maximum atomic E-state index is 5.48. The van der Waals surface area contributed by atoms with Crippen molar-refractivity contribution in [2.75, 3.05) is 0 Å². The van der Waals surface area contributed by atoms with Gasteiger partial charge in [0.05, 0.1) is 0 Å². The molecule has 11 heavy (non-hydrogen) atoms. The summed E-state index contributed by atoms with van der Waals surface area (Å²) >= 11 is 0. The maximum Gasteiger partial charge on any atom is 0.136 e. The van der Waals surface area contributed by atoms with Gasteiger partial charge in [0.15, 0.2) is 0 Å². The summed E-state index contributed by atoms with van der Waals surface area (Å²) in [6.45, 7) is 0.577. The van der Waals surface area contributed by atoms with Crippen molar-refractivity contribution in [2.45, 2.75) is 6.54 Å². The summed E-state index contributed by atoms with van der Waals surface area (Å²) in [5.41, 5.74) is 7.56. The SMILES string of the molecule is NCc1ccc2nccn2c1. The first-order valence-corrected chi connectivity index (χ1v) is 3.52. The summed E-state index contributed by atoms with van der Waals surface area (Å²) in [4.78, 5) is 4.12. The Balaban J connectivity index is 2.67. The van der Waals surface area contributed by atoms with E-state index in [1.807, 2.05) is 28.9 Å². The van der Waals surface area contributed by atoms with E-state index >= 15 is 0 Å². The van der Waals surface area contributed by atoms with Crippen LogP contribution in [0.3, 0.4) is 0 Å². The van der Waals surface area contributed by atoms with Crippen LogP contribution in [0.5, 0.6) is 0 Å². The van der Waals surface area contributed by atoms with E-state index in [-0.39, 0.29) is 0 Å². The fourth-order valence-electron chi connectivity index (χ4n) is 1.09. The highest BCUT2D eigenvalue weighted by molar-refractivity contribution is 5.39. The van der Waals surface area contributed by atoms with Crippen LogP contribution in [0, 0.1) is 0 Å². The van der Waals surface area contributed by atoms with E-state index < -0.39 is 0 Å². The lowest BCUT2D eigenvalue weighted by Crippen LogP contribution is -1.97. The van der Waals surface area contributed by atoms with E-state index in [0.29, 0.717) is 6.54 Å². The van der Waals surface area contributed by atoms with Gasteiger partial charge in [-0.15, -0.1) is 0 Å². The molecule has 3 heteroatoms. The largest absolute Gasteiger partial charge is 0.326 e. The summed E-state index contributed by atoms with van der Waals surface area (Å²) in [6, 6.07) is 3.95. The molecular weight excluding hydrogens is 138 g/mol. The Morgan fingerprint density at radius 2 is 2.36 bits per heavy atom. The smallest absolute Gasteiger partial charge is 0.136 e. The fourth-order valence-corrected chi connectivity index (χ4v) is 1.09. The number of nitrogens with zero attached hydrogens (tertiary/aromatic N) is 2. The third-order valence-electron chi connectivity index (χ3n) is 1.69. The van der Waals surface area contributed by atoms with Gasteiger partial charge in [0, 0.05) is 25.1 Å². The first kappa shape index (κ1) is 6.37. The van der Waals surface area contributed by atoms with E-state index in [1.165, 1.54) is 0 Å². The number of hydrogen-bond acceptors (Lipinski definition) is 2. The van der Waals surface area contributed by atoms with Crippen LogP contribution in [-0.2, 0) is 6.54 Å². The van der Waals surface area contributed by atoms with Crippen LogP contribution in [0.25, 0.3) is 5.65 Å². The Kier molecular flexibility index (Phi) is 1.36. The number of pyridine rings is 1. The summed E-state index contributed by atoms with van der Waals surface area (Å²) < 4.78 is 1.96. The van der Waals surface area contributed by atoms with Gasteiger partial charge >= 0.3 is 0 Å². The zero-order chi connectivity index (χ0) is 7.68. The Labute approximate surface area is 64.5 Å². The van der Waals surface area contributed by atoms with Crippen molar-refractivity contribution in [2.24, 2.45) is 5.73 Å². The molecule has 0 fully saturated rings. The molecule has 0 unspecified atom stereocenters. The molecule has 0 aliphatic rings. The molecule has 2 aromatic heterocycles. The Morgan fingerprint density at radius 3 is 3.18 bits per heavy atom. The molecule has 0 aromatic carbocycles. The molecule has 0 bridgehead atoms. The zero-order valence-electron chi connectivity index (χ0n) is 6.07. The van der Waals surface area contributed by atoms with Crippen LogP contribution >= 0.6 is 0 Å². The Morgan fingerprint density at radius 1 is 1.45 bits per heavy atom. The molecule has 2 aromatic rings. The lowest BCUT2D eigenvalue weighted by atomic mass is 10.3. The average molecular weight is 147 g/mol.